The number of carbonyl (C=O) groups excluding carboxylic acids is 1. The maximum Gasteiger partial charge on any atom is 0.282 e. The molecule has 2 atom stereocenters. The molecule has 2 aliphatic rings. The topological polar surface area (TPSA) is 82.2 Å². The molecule has 152 valence electrons. The highest BCUT2D eigenvalue weighted by molar-refractivity contribution is 7.86. The van der Waals surface area contributed by atoms with Gasteiger partial charge in [0.25, 0.3) is 10.2 Å². The number of amides is 1. The molecule has 0 aliphatic carbocycles. The lowest BCUT2D eigenvalue weighted by Gasteiger charge is -2.40. The number of piperidine rings is 1. The van der Waals surface area contributed by atoms with Gasteiger partial charge < -0.3 is 10.1 Å². The van der Waals surface area contributed by atoms with Crippen molar-refractivity contribution in [2.45, 2.75) is 64.8 Å². The predicted octanol–water partition coefficient (Wildman–Crippen LogP) is 0.261. The van der Waals surface area contributed by atoms with E-state index in [9.17, 15) is 13.2 Å². The van der Waals surface area contributed by atoms with E-state index in [2.05, 4.69) is 5.32 Å². The SMILES string of the molecule is CC(C)NC(=O)CN(C)C1CCN(S(=O)(=O)N2CC(C)OC(C)C2)CC1. The van der Waals surface area contributed by atoms with E-state index in [1.165, 1.54) is 0 Å². The fraction of sp³-hybridized carbons (Fsp3) is 0.941. The first kappa shape index (κ1) is 21.6. The van der Waals surface area contributed by atoms with E-state index >= 15 is 0 Å². The van der Waals surface area contributed by atoms with Crippen molar-refractivity contribution in [2.75, 3.05) is 39.8 Å². The predicted molar refractivity (Wildman–Crippen MR) is 101 cm³/mol. The molecule has 26 heavy (non-hydrogen) atoms. The van der Waals surface area contributed by atoms with E-state index in [0.717, 1.165) is 12.8 Å². The second-order valence-electron chi connectivity index (χ2n) is 7.85. The van der Waals surface area contributed by atoms with E-state index in [4.69, 9.17) is 4.74 Å². The van der Waals surface area contributed by atoms with Crippen LogP contribution in [0.4, 0.5) is 0 Å². The summed E-state index contributed by atoms with van der Waals surface area (Å²) in [5.41, 5.74) is 0. The molecule has 2 fully saturated rings. The lowest BCUT2D eigenvalue weighted by atomic mass is 10.1. The van der Waals surface area contributed by atoms with Gasteiger partial charge in [0.1, 0.15) is 0 Å². The highest BCUT2D eigenvalue weighted by Crippen LogP contribution is 2.22. The van der Waals surface area contributed by atoms with Crippen molar-refractivity contribution in [1.29, 1.82) is 0 Å². The first-order chi connectivity index (χ1) is 12.1. The van der Waals surface area contributed by atoms with Crippen LogP contribution in [0.5, 0.6) is 0 Å². The van der Waals surface area contributed by atoms with E-state index in [0.29, 0.717) is 32.7 Å². The molecule has 0 aromatic carbocycles. The van der Waals surface area contributed by atoms with Crippen molar-refractivity contribution in [3.8, 4) is 0 Å². The maximum atomic E-state index is 12.9. The van der Waals surface area contributed by atoms with E-state index < -0.39 is 10.2 Å². The van der Waals surface area contributed by atoms with Crippen LogP contribution >= 0.6 is 0 Å². The van der Waals surface area contributed by atoms with Crippen LogP contribution in [0.15, 0.2) is 0 Å². The summed E-state index contributed by atoms with van der Waals surface area (Å²) in [6.07, 6.45) is 1.30. The van der Waals surface area contributed by atoms with Gasteiger partial charge in [0.05, 0.1) is 18.8 Å². The minimum Gasteiger partial charge on any atom is -0.373 e. The van der Waals surface area contributed by atoms with Gasteiger partial charge >= 0.3 is 0 Å². The molecule has 0 radical (unpaired) electrons. The Bertz CT molecular complexity index is 565. The maximum absolute atomic E-state index is 12.9. The number of nitrogens with one attached hydrogen (secondary N) is 1. The number of nitrogens with zero attached hydrogens (tertiary/aromatic N) is 3. The van der Waals surface area contributed by atoms with Gasteiger partial charge in [-0.1, -0.05) is 0 Å². The van der Waals surface area contributed by atoms with Gasteiger partial charge in [0.2, 0.25) is 5.91 Å². The number of rotatable bonds is 6. The van der Waals surface area contributed by atoms with Crippen molar-refractivity contribution in [3.63, 3.8) is 0 Å². The zero-order chi connectivity index (χ0) is 19.5. The lowest BCUT2D eigenvalue weighted by molar-refractivity contribution is -0.123. The average Bonchev–Trinajstić information content (AvgIpc) is 2.53. The number of hydrogen-bond donors (Lipinski definition) is 1. The number of hydrogen-bond acceptors (Lipinski definition) is 5. The normalized spacial score (nSPS) is 27.2. The fourth-order valence-corrected chi connectivity index (χ4v) is 5.51. The van der Waals surface area contributed by atoms with Crippen molar-refractivity contribution < 1.29 is 17.9 Å². The van der Waals surface area contributed by atoms with Gasteiger partial charge in [-0.05, 0) is 47.6 Å². The van der Waals surface area contributed by atoms with E-state index in [1.54, 1.807) is 8.61 Å². The van der Waals surface area contributed by atoms with E-state index in [1.807, 2.05) is 39.6 Å². The van der Waals surface area contributed by atoms with Crippen molar-refractivity contribution in [2.24, 2.45) is 0 Å². The third-order valence-electron chi connectivity index (χ3n) is 4.93. The third kappa shape index (κ3) is 5.63. The van der Waals surface area contributed by atoms with Crippen LogP contribution < -0.4 is 5.32 Å². The monoisotopic (exact) mass is 390 g/mol. The molecule has 1 N–H and O–H groups in total. The van der Waals surface area contributed by atoms with Gasteiger partial charge in [0.15, 0.2) is 0 Å². The Labute approximate surface area is 158 Å². The summed E-state index contributed by atoms with van der Waals surface area (Å²) >= 11 is 0. The summed E-state index contributed by atoms with van der Waals surface area (Å²) < 4.78 is 34.6. The van der Waals surface area contributed by atoms with Crippen molar-refractivity contribution in [1.82, 2.24) is 18.8 Å². The highest BCUT2D eigenvalue weighted by Gasteiger charge is 2.37. The minimum atomic E-state index is -3.45. The molecule has 8 nitrogen and oxygen atoms in total. The summed E-state index contributed by atoms with van der Waals surface area (Å²) in [6.45, 7) is 9.82. The summed E-state index contributed by atoms with van der Waals surface area (Å²) in [5, 5.41) is 2.89. The van der Waals surface area contributed by atoms with Gasteiger partial charge in [-0.15, -0.1) is 0 Å². The standard InChI is InChI=1S/C17H34N4O4S/c1-13(2)18-17(22)12-19(5)16-6-8-20(9-7-16)26(23,24)21-10-14(3)25-15(4)11-21/h13-16H,6-12H2,1-5H3,(H,18,22). The summed E-state index contributed by atoms with van der Waals surface area (Å²) in [6, 6.07) is 0.350. The van der Waals surface area contributed by atoms with Crippen molar-refractivity contribution in [3.05, 3.63) is 0 Å². The second kappa shape index (κ2) is 8.97. The molecule has 0 aromatic rings. The summed E-state index contributed by atoms with van der Waals surface area (Å²) in [5.74, 6) is 0.00819. The largest absolute Gasteiger partial charge is 0.373 e. The zero-order valence-electron chi connectivity index (χ0n) is 16.6. The Hall–Kier alpha value is -0.740. The Morgan fingerprint density at radius 1 is 1.15 bits per heavy atom. The minimum absolute atomic E-state index is 0.00819. The molecule has 2 heterocycles. The van der Waals surface area contributed by atoms with E-state index in [-0.39, 0.29) is 30.2 Å². The number of likely N-dealkylation sites (N-methyl/N-ethyl adjacent to an activating group) is 1. The van der Waals surface area contributed by atoms with Crippen LogP contribution in [0.25, 0.3) is 0 Å². The third-order valence-corrected chi connectivity index (χ3v) is 6.90. The molecule has 2 saturated heterocycles. The molecule has 0 aromatic heterocycles. The molecule has 1 amide bonds. The van der Waals surface area contributed by atoms with Crippen LogP contribution in [0.2, 0.25) is 0 Å². The number of morpholine rings is 1. The zero-order valence-corrected chi connectivity index (χ0v) is 17.5. The van der Waals surface area contributed by atoms with Crippen LogP contribution in [-0.2, 0) is 19.7 Å². The fourth-order valence-electron chi connectivity index (χ4n) is 3.72. The smallest absolute Gasteiger partial charge is 0.282 e. The Kier molecular flexibility index (Phi) is 7.43. The Balaban J connectivity index is 1.88. The first-order valence-corrected chi connectivity index (χ1v) is 10.9. The molecule has 2 rings (SSSR count). The molecule has 2 unspecified atom stereocenters. The molecule has 0 saturated carbocycles. The molecule has 9 heteroatoms. The van der Waals surface area contributed by atoms with Crippen LogP contribution in [-0.4, -0.2) is 91.9 Å². The lowest BCUT2D eigenvalue weighted by Crippen LogP contribution is -2.55. The summed E-state index contributed by atoms with van der Waals surface area (Å²) in [4.78, 5) is 13.9. The molecule has 0 bridgehead atoms. The Morgan fingerprint density at radius 2 is 1.69 bits per heavy atom. The molecule has 0 spiro atoms. The average molecular weight is 391 g/mol. The second-order valence-corrected chi connectivity index (χ2v) is 9.78. The van der Waals surface area contributed by atoms with Gasteiger partial charge in [-0.2, -0.15) is 17.0 Å². The highest BCUT2D eigenvalue weighted by atomic mass is 32.2. The number of ether oxygens (including phenoxy) is 1. The van der Waals surface area contributed by atoms with Crippen molar-refractivity contribution >= 4 is 16.1 Å². The van der Waals surface area contributed by atoms with Crippen LogP contribution in [0, 0.1) is 0 Å². The van der Waals surface area contributed by atoms with Crippen LogP contribution in [0.1, 0.15) is 40.5 Å². The Morgan fingerprint density at radius 3 is 2.19 bits per heavy atom. The molecule has 2 aliphatic heterocycles. The molecular weight excluding hydrogens is 356 g/mol. The van der Waals surface area contributed by atoms with Crippen LogP contribution in [0.3, 0.4) is 0 Å². The summed E-state index contributed by atoms with van der Waals surface area (Å²) in [7, 11) is -1.52. The van der Waals surface area contributed by atoms with Gasteiger partial charge in [-0.25, -0.2) is 0 Å². The van der Waals surface area contributed by atoms with Gasteiger partial charge in [0, 0.05) is 38.3 Å². The molecular formula is C17H34N4O4S. The quantitative estimate of drug-likeness (QED) is 0.704. The first-order valence-electron chi connectivity index (χ1n) is 9.50. The van der Waals surface area contributed by atoms with Gasteiger partial charge in [-0.3, -0.25) is 9.69 Å². The number of carbonyl (C=O) groups is 1.